The van der Waals surface area contributed by atoms with Crippen molar-refractivity contribution in [3.8, 4) is 11.5 Å². The average molecular weight is 396 g/mol. The number of carbonyl (C=O) groups is 2. The van der Waals surface area contributed by atoms with Crippen molar-refractivity contribution in [3.63, 3.8) is 0 Å². The van der Waals surface area contributed by atoms with Gasteiger partial charge in [0.1, 0.15) is 11.5 Å². The van der Waals surface area contributed by atoms with Gasteiger partial charge >= 0.3 is 0 Å². The number of nitrogens with one attached hydrogen (secondary N) is 1. The summed E-state index contributed by atoms with van der Waals surface area (Å²) in [5, 5.41) is 12.9. The van der Waals surface area contributed by atoms with Crippen molar-refractivity contribution < 1.29 is 19.4 Å². The lowest BCUT2D eigenvalue weighted by Gasteiger charge is -2.41. The summed E-state index contributed by atoms with van der Waals surface area (Å²) in [6.45, 7) is 2.67. The smallest absolute Gasteiger partial charge is 0.230 e. The van der Waals surface area contributed by atoms with Gasteiger partial charge in [-0.15, -0.1) is 0 Å². The third kappa shape index (κ3) is 4.53. The molecule has 154 valence electrons. The molecule has 6 heteroatoms. The van der Waals surface area contributed by atoms with Crippen LogP contribution in [0, 0.1) is 5.92 Å². The van der Waals surface area contributed by atoms with E-state index in [9.17, 15) is 14.7 Å². The van der Waals surface area contributed by atoms with Crippen molar-refractivity contribution in [3.05, 3.63) is 54.1 Å². The highest BCUT2D eigenvalue weighted by molar-refractivity contribution is 5.96. The van der Waals surface area contributed by atoms with Gasteiger partial charge in [-0.2, -0.15) is 0 Å². The van der Waals surface area contributed by atoms with Gasteiger partial charge in [-0.1, -0.05) is 43.7 Å². The number of para-hydroxylation sites is 3. The SMILES string of the molecule is CCCCN1C(=O)CCC(C(=O)Nc2ccccc2O)C1c1ccccc1OC. The van der Waals surface area contributed by atoms with E-state index in [2.05, 4.69) is 12.2 Å². The molecule has 2 aromatic carbocycles. The third-order valence-electron chi connectivity index (χ3n) is 5.42. The maximum atomic E-state index is 13.2. The predicted octanol–water partition coefficient (Wildman–Crippen LogP) is 4.12. The molecule has 1 saturated heterocycles. The lowest BCUT2D eigenvalue weighted by atomic mass is 9.83. The average Bonchev–Trinajstić information content (AvgIpc) is 2.74. The Morgan fingerprint density at radius 1 is 1.21 bits per heavy atom. The van der Waals surface area contributed by atoms with Crippen LogP contribution in [0.4, 0.5) is 5.69 Å². The highest BCUT2D eigenvalue weighted by Crippen LogP contribution is 2.41. The minimum Gasteiger partial charge on any atom is -0.506 e. The first kappa shape index (κ1) is 20.7. The van der Waals surface area contributed by atoms with Gasteiger partial charge in [0.25, 0.3) is 0 Å². The number of phenolic OH excluding ortho intramolecular Hbond substituents is 1. The van der Waals surface area contributed by atoms with Crippen molar-refractivity contribution >= 4 is 17.5 Å². The Morgan fingerprint density at radius 3 is 2.66 bits per heavy atom. The van der Waals surface area contributed by atoms with Gasteiger partial charge in [0.2, 0.25) is 11.8 Å². The number of nitrogens with zero attached hydrogens (tertiary/aromatic N) is 1. The number of rotatable bonds is 7. The number of carbonyl (C=O) groups excluding carboxylic acids is 2. The fourth-order valence-electron chi connectivity index (χ4n) is 3.92. The van der Waals surface area contributed by atoms with Gasteiger partial charge in [-0.25, -0.2) is 0 Å². The topological polar surface area (TPSA) is 78.9 Å². The summed E-state index contributed by atoms with van der Waals surface area (Å²) in [7, 11) is 1.59. The monoisotopic (exact) mass is 396 g/mol. The Bertz CT molecular complexity index is 867. The number of unbranched alkanes of at least 4 members (excludes halogenated alkanes) is 1. The van der Waals surface area contributed by atoms with Crippen LogP contribution in [0.5, 0.6) is 11.5 Å². The molecule has 2 N–H and O–H groups in total. The zero-order chi connectivity index (χ0) is 20.8. The summed E-state index contributed by atoms with van der Waals surface area (Å²) in [5.74, 6) is 0.0799. The molecule has 0 bridgehead atoms. The Labute approximate surface area is 171 Å². The molecule has 2 unspecified atom stereocenters. The number of benzene rings is 2. The van der Waals surface area contributed by atoms with Crippen molar-refractivity contribution in [2.75, 3.05) is 19.0 Å². The second kappa shape index (κ2) is 9.45. The molecule has 1 fully saturated rings. The van der Waals surface area contributed by atoms with Crippen LogP contribution in [0.2, 0.25) is 0 Å². The van der Waals surface area contributed by atoms with E-state index in [1.165, 1.54) is 6.07 Å². The molecule has 0 aliphatic carbocycles. The number of ether oxygens (including phenoxy) is 1. The number of hydrogen-bond donors (Lipinski definition) is 2. The van der Waals surface area contributed by atoms with Gasteiger partial charge in [0.05, 0.1) is 24.8 Å². The van der Waals surface area contributed by atoms with Gasteiger partial charge in [-0.05, 0) is 31.0 Å². The number of anilines is 1. The fraction of sp³-hybridized carbons (Fsp3) is 0.391. The van der Waals surface area contributed by atoms with Gasteiger partial charge in [0, 0.05) is 18.5 Å². The molecular formula is C23H28N2O4. The molecule has 0 saturated carbocycles. The normalized spacial score (nSPS) is 19.1. The van der Waals surface area contributed by atoms with Crippen LogP contribution in [0.15, 0.2) is 48.5 Å². The van der Waals surface area contributed by atoms with Crippen LogP contribution in [0.3, 0.4) is 0 Å². The zero-order valence-corrected chi connectivity index (χ0v) is 16.9. The molecule has 2 aromatic rings. The molecule has 0 spiro atoms. The quantitative estimate of drug-likeness (QED) is 0.690. The summed E-state index contributed by atoms with van der Waals surface area (Å²) in [6.07, 6.45) is 2.60. The summed E-state index contributed by atoms with van der Waals surface area (Å²) >= 11 is 0. The summed E-state index contributed by atoms with van der Waals surface area (Å²) < 4.78 is 5.54. The number of amides is 2. The van der Waals surface area contributed by atoms with Crippen LogP contribution < -0.4 is 10.1 Å². The molecule has 2 amide bonds. The maximum Gasteiger partial charge on any atom is 0.230 e. The lowest BCUT2D eigenvalue weighted by molar-refractivity contribution is -0.142. The first-order chi connectivity index (χ1) is 14.1. The third-order valence-corrected chi connectivity index (χ3v) is 5.42. The van der Waals surface area contributed by atoms with Crippen molar-refractivity contribution in [1.29, 1.82) is 0 Å². The summed E-state index contributed by atoms with van der Waals surface area (Å²) in [4.78, 5) is 27.8. The van der Waals surface area contributed by atoms with Gasteiger partial charge in [-0.3, -0.25) is 9.59 Å². The number of likely N-dealkylation sites (tertiary alicyclic amines) is 1. The molecule has 1 aliphatic rings. The van der Waals surface area contributed by atoms with E-state index in [1.807, 2.05) is 29.2 Å². The molecule has 29 heavy (non-hydrogen) atoms. The van der Waals surface area contributed by atoms with E-state index < -0.39 is 12.0 Å². The molecule has 1 heterocycles. The zero-order valence-electron chi connectivity index (χ0n) is 16.9. The first-order valence-corrected chi connectivity index (χ1v) is 10.1. The highest BCUT2D eigenvalue weighted by atomic mass is 16.5. The highest BCUT2D eigenvalue weighted by Gasteiger charge is 2.41. The Kier molecular flexibility index (Phi) is 6.75. The number of methoxy groups -OCH3 is 1. The van der Waals surface area contributed by atoms with E-state index in [4.69, 9.17) is 4.74 Å². The second-order valence-electron chi connectivity index (χ2n) is 7.28. The predicted molar refractivity (Wildman–Crippen MR) is 112 cm³/mol. The Balaban J connectivity index is 1.97. The minimum atomic E-state index is -0.444. The summed E-state index contributed by atoms with van der Waals surface area (Å²) in [6, 6.07) is 13.8. The van der Waals surface area contributed by atoms with Crippen LogP contribution in [0.25, 0.3) is 0 Å². The largest absolute Gasteiger partial charge is 0.506 e. The molecule has 0 aromatic heterocycles. The molecule has 3 rings (SSSR count). The molecule has 2 atom stereocenters. The second-order valence-corrected chi connectivity index (χ2v) is 7.28. The molecule has 1 aliphatic heterocycles. The molecule has 6 nitrogen and oxygen atoms in total. The van der Waals surface area contributed by atoms with Crippen molar-refractivity contribution in [2.45, 2.75) is 38.6 Å². The van der Waals surface area contributed by atoms with Crippen LogP contribution in [0.1, 0.15) is 44.2 Å². The van der Waals surface area contributed by atoms with Gasteiger partial charge < -0.3 is 20.1 Å². The number of phenols is 1. The van der Waals surface area contributed by atoms with E-state index in [0.29, 0.717) is 30.8 Å². The fourth-order valence-corrected chi connectivity index (χ4v) is 3.92. The van der Waals surface area contributed by atoms with Crippen LogP contribution >= 0.6 is 0 Å². The van der Waals surface area contributed by atoms with Crippen LogP contribution in [-0.4, -0.2) is 35.5 Å². The minimum absolute atomic E-state index is 0.0180. The maximum absolute atomic E-state index is 13.2. The van der Waals surface area contributed by atoms with E-state index in [1.54, 1.807) is 25.3 Å². The van der Waals surface area contributed by atoms with Crippen molar-refractivity contribution in [2.24, 2.45) is 5.92 Å². The van der Waals surface area contributed by atoms with E-state index in [-0.39, 0.29) is 17.6 Å². The Morgan fingerprint density at radius 2 is 1.93 bits per heavy atom. The number of aromatic hydroxyl groups is 1. The van der Waals surface area contributed by atoms with E-state index >= 15 is 0 Å². The van der Waals surface area contributed by atoms with Gasteiger partial charge in [0.15, 0.2) is 0 Å². The van der Waals surface area contributed by atoms with Crippen LogP contribution in [-0.2, 0) is 9.59 Å². The molecular weight excluding hydrogens is 368 g/mol. The standard InChI is InChI=1S/C23H28N2O4/c1-3-4-15-25-21(27)14-13-17(22(25)16-9-5-8-12-20(16)29-2)23(28)24-18-10-6-7-11-19(18)26/h5-12,17,22,26H,3-4,13-15H2,1-2H3,(H,24,28). The number of hydrogen-bond acceptors (Lipinski definition) is 4. The number of piperidine rings is 1. The molecule has 0 radical (unpaired) electrons. The van der Waals surface area contributed by atoms with E-state index in [0.717, 1.165) is 18.4 Å². The lowest BCUT2D eigenvalue weighted by Crippen LogP contribution is -2.47. The van der Waals surface area contributed by atoms with Crippen molar-refractivity contribution in [1.82, 2.24) is 4.90 Å². The Hall–Kier alpha value is -3.02. The summed E-state index contributed by atoms with van der Waals surface area (Å²) in [5.41, 5.74) is 1.20. The first-order valence-electron chi connectivity index (χ1n) is 10.1.